The highest BCUT2D eigenvalue weighted by atomic mass is 32.2. The van der Waals surface area contributed by atoms with Gasteiger partial charge in [0.2, 0.25) is 0 Å². The molecule has 0 amide bonds. The Morgan fingerprint density at radius 1 is 1.61 bits per heavy atom. The van der Waals surface area contributed by atoms with E-state index < -0.39 is 0 Å². The van der Waals surface area contributed by atoms with Crippen molar-refractivity contribution in [1.29, 1.82) is 0 Å². The van der Waals surface area contributed by atoms with Gasteiger partial charge >= 0.3 is 0 Å². The zero-order chi connectivity index (χ0) is 13.2. The second-order valence-electron chi connectivity index (χ2n) is 5.40. The number of nitrogens with zero attached hydrogens (tertiary/aromatic N) is 3. The smallest absolute Gasteiger partial charge is 0.190 e. The summed E-state index contributed by atoms with van der Waals surface area (Å²) in [4.78, 5) is 0. The van der Waals surface area contributed by atoms with Crippen molar-refractivity contribution in [2.24, 2.45) is 13.0 Å². The number of nitrogens with one attached hydrogen (secondary N) is 1. The number of aromatic nitrogens is 3. The summed E-state index contributed by atoms with van der Waals surface area (Å²) in [6.45, 7) is 4.43. The first-order chi connectivity index (χ1) is 8.57. The van der Waals surface area contributed by atoms with Crippen LogP contribution in [-0.4, -0.2) is 43.8 Å². The van der Waals surface area contributed by atoms with Crippen LogP contribution in [0.3, 0.4) is 0 Å². The van der Waals surface area contributed by atoms with Crippen LogP contribution >= 0.6 is 11.8 Å². The Labute approximate surface area is 112 Å². The Kier molecular flexibility index (Phi) is 4.29. The molecule has 1 saturated carbocycles. The lowest BCUT2D eigenvalue weighted by atomic mass is 9.95. The molecule has 1 unspecified atom stereocenters. The van der Waals surface area contributed by atoms with Crippen molar-refractivity contribution in [3.8, 4) is 0 Å². The summed E-state index contributed by atoms with van der Waals surface area (Å²) in [5.41, 5.74) is -0.176. The number of aryl methyl sites for hydroxylation is 1. The number of aliphatic hydroxyl groups excluding tert-OH is 1. The molecule has 0 bridgehead atoms. The molecule has 6 heteroatoms. The molecule has 1 aliphatic carbocycles. The van der Waals surface area contributed by atoms with Gasteiger partial charge in [0.15, 0.2) is 5.16 Å². The number of thioether (sulfide) groups is 1. The average Bonchev–Trinajstić information content (AvgIpc) is 3.09. The maximum atomic E-state index is 9.82. The predicted octanol–water partition coefficient (Wildman–Crippen LogP) is 1.05. The van der Waals surface area contributed by atoms with Gasteiger partial charge in [-0.25, -0.2) is 0 Å². The third kappa shape index (κ3) is 3.05. The van der Waals surface area contributed by atoms with E-state index in [4.69, 9.17) is 0 Å². The second kappa shape index (κ2) is 5.59. The van der Waals surface area contributed by atoms with Crippen molar-refractivity contribution in [1.82, 2.24) is 20.1 Å². The van der Waals surface area contributed by atoms with Crippen molar-refractivity contribution < 1.29 is 5.11 Å². The van der Waals surface area contributed by atoms with Crippen LogP contribution in [0.2, 0.25) is 0 Å². The quantitative estimate of drug-likeness (QED) is 0.725. The summed E-state index contributed by atoms with van der Waals surface area (Å²) >= 11 is 1.66. The van der Waals surface area contributed by atoms with Gasteiger partial charge in [0, 0.05) is 18.8 Å². The van der Waals surface area contributed by atoms with E-state index in [9.17, 15) is 5.11 Å². The van der Waals surface area contributed by atoms with E-state index in [0.29, 0.717) is 12.0 Å². The van der Waals surface area contributed by atoms with Crippen LogP contribution in [0.4, 0.5) is 0 Å². The Balaban J connectivity index is 2.03. The average molecular weight is 270 g/mol. The van der Waals surface area contributed by atoms with Gasteiger partial charge in [0.25, 0.3) is 0 Å². The first kappa shape index (κ1) is 13.8. The molecule has 18 heavy (non-hydrogen) atoms. The van der Waals surface area contributed by atoms with Gasteiger partial charge in [-0.3, -0.25) is 0 Å². The van der Waals surface area contributed by atoms with Gasteiger partial charge in [0.05, 0.1) is 12.1 Å². The zero-order valence-electron chi connectivity index (χ0n) is 11.3. The highest BCUT2D eigenvalue weighted by Crippen LogP contribution is 2.42. The monoisotopic (exact) mass is 270 g/mol. The van der Waals surface area contributed by atoms with Crippen LogP contribution in [0, 0.1) is 5.92 Å². The first-order valence-corrected chi connectivity index (χ1v) is 7.41. The number of hydrogen-bond donors (Lipinski definition) is 2. The number of hydrogen-bond acceptors (Lipinski definition) is 5. The van der Waals surface area contributed by atoms with E-state index in [1.165, 1.54) is 12.8 Å². The highest BCUT2D eigenvalue weighted by molar-refractivity contribution is 7.99. The molecular formula is C12H22N4OS. The fourth-order valence-corrected chi connectivity index (χ4v) is 3.46. The zero-order valence-corrected chi connectivity index (χ0v) is 12.1. The standard InChI is InChI=1S/C12H22N4OS/c1-9(2)14-12(6-17,10-4-5-10)7-18-11-15-13-8-16(11)3/h8-10,14,17H,4-7H2,1-3H3. The fourth-order valence-electron chi connectivity index (χ4n) is 2.31. The minimum Gasteiger partial charge on any atom is -0.394 e. The molecule has 0 aromatic carbocycles. The SMILES string of the molecule is CC(C)NC(CO)(CSc1nncn1C)C1CC1. The molecule has 1 atom stereocenters. The van der Waals surface area contributed by atoms with Gasteiger partial charge in [-0.2, -0.15) is 0 Å². The van der Waals surface area contributed by atoms with E-state index in [-0.39, 0.29) is 12.1 Å². The van der Waals surface area contributed by atoms with Crippen molar-refractivity contribution in [2.75, 3.05) is 12.4 Å². The molecule has 1 aromatic heterocycles. The van der Waals surface area contributed by atoms with Gasteiger partial charge in [0.1, 0.15) is 6.33 Å². The molecule has 1 aromatic rings. The third-order valence-electron chi connectivity index (χ3n) is 3.35. The van der Waals surface area contributed by atoms with Gasteiger partial charge < -0.3 is 15.0 Å². The van der Waals surface area contributed by atoms with Crippen molar-refractivity contribution in [2.45, 2.75) is 43.4 Å². The van der Waals surface area contributed by atoms with Crippen LogP contribution < -0.4 is 5.32 Å². The van der Waals surface area contributed by atoms with Gasteiger partial charge in [-0.15, -0.1) is 10.2 Å². The molecule has 0 radical (unpaired) electrons. The Morgan fingerprint density at radius 3 is 2.78 bits per heavy atom. The van der Waals surface area contributed by atoms with E-state index >= 15 is 0 Å². The summed E-state index contributed by atoms with van der Waals surface area (Å²) in [5, 5.41) is 22.2. The predicted molar refractivity (Wildman–Crippen MR) is 72.5 cm³/mol. The lowest BCUT2D eigenvalue weighted by molar-refractivity contribution is 0.150. The van der Waals surface area contributed by atoms with Crippen LogP contribution in [0.15, 0.2) is 11.5 Å². The second-order valence-corrected chi connectivity index (χ2v) is 6.34. The van der Waals surface area contributed by atoms with E-state index in [1.54, 1.807) is 18.1 Å². The van der Waals surface area contributed by atoms with Crippen molar-refractivity contribution in [3.63, 3.8) is 0 Å². The minimum atomic E-state index is -0.176. The summed E-state index contributed by atoms with van der Waals surface area (Å²) in [5.74, 6) is 1.42. The minimum absolute atomic E-state index is 0.176. The third-order valence-corrected chi connectivity index (χ3v) is 4.63. The summed E-state index contributed by atoms with van der Waals surface area (Å²) in [6, 6.07) is 0.373. The molecule has 102 valence electrons. The molecule has 1 aliphatic rings. The molecule has 1 fully saturated rings. The summed E-state index contributed by atoms with van der Waals surface area (Å²) in [6.07, 6.45) is 4.12. The molecule has 2 rings (SSSR count). The maximum Gasteiger partial charge on any atom is 0.190 e. The fraction of sp³-hybridized carbons (Fsp3) is 0.833. The van der Waals surface area contributed by atoms with E-state index in [1.807, 2.05) is 11.6 Å². The van der Waals surface area contributed by atoms with Crippen LogP contribution in [0.5, 0.6) is 0 Å². The lowest BCUT2D eigenvalue weighted by Gasteiger charge is -2.35. The van der Waals surface area contributed by atoms with Gasteiger partial charge in [-0.05, 0) is 18.8 Å². The maximum absolute atomic E-state index is 9.82. The van der Waals surface area contributed by atoms with Crippen molar-refractivity contribution >= 4 is 11.8 Å². The van der Waals surface area contributed by atoms with E-state index in [0.717, 1.165) is 10.9 Å². The highest BCUT2D eigenvalue weighted by Gasteiger charge is 2.45. The van der Waals surface area contributed by atoms with Crippen LogP contribution in [0.25, 0.3) is 0 Å². The topological polar surface area (TPSA) is 63.0 Å². The molecular weight excluding hydrogens is 248 g/mol. The largest absolute Gasteiger partial charge is 0.394 e. The number of rotatable bonds is 7. The molecule has 2 N–H and O–H groups in total. The van der Waals surface area contributed by atoms with Crippen LogP contribution in [-0.2, 0) is 7.05 Å². The molecule has 0 spiro atoms. The van der Waals surface area contributed by atoms with Crippen LogP contribution in [0.1, 0.15) is 26.7 Å². The normalized spacial score (nSPS) is 19.2. The Hall–Kier alpha value is -0.590. The lowest BCUT2D eigenvalue weighted by Crippen LogP contribution is -2.55. The summed E-state index contributed by atoms with van der Waals surface area (Å²) in [7, 11) is 1.94. The summed E-state index contributed by atoms with van der Waals surface area (Å²) < 4.78 is 1.91. The molecule has 0 aliphatic heterocycles. The first-order valence-electron chi connectivity index (χ1n) is 6.43. The number of aliphatic hydroxyl groups is 1. The molecule has 1 heterocycles. The Morgan fingerprint density at radius 2 is 2.33 bits per heavy atom. The molecule has 0 saturated heterocycles. The molecule has 5 nitrogen and oxygen atoms in total. The van der Waals surface area contributed by atoms with E-state index in [2.05, 4.69) is 29.4 Å². The van der Waals surface area contributed by atoms with Gasteiger partial charge in [-0.1, -0.05) is 25.6 Å². The van der Waals surface area contributed by atoms with Crippen molar-refractivity contribution in [3.05, 3.63) is 6.33 Å². The Bertz CT molecular complexity index is 391.